The second-order valence-electron chi connectivity index (χ2n) is 3.66. The van der Waals surface area contributed by atoms with Crippen molar-refractivity contribution < 1.29 is 9.53 Å². The number of hydrogen-bond donors (Lipinski definition) is 0. The molecule has 0 atom stereocenters. The van der Waals surface area contributed by atoms with Gasteiger partial charge in [0.1, 0.15) is 6.10 Å². The summed E-state index contributed by atoms with van der Waals surface area (Å²) in [5.74, 6) is -0.185. The molecule has 0 unspecified atom stereocenters. The van der Waals surface area contributed by atoms with Crippen LogP contribution in [0.25, 0.3) is 0 Å². The largest absolute Gasteiger partial charge is 0.459 e. The van der Waals surface area contributed by atoms with E-state index in [0.717, 1.165) is 19.3 Å². The van der Waals surface area contributed by atoms with Gasteiger partial charge in [0, 0.05) is 0 Å². The number of esters is 1. The fourth-order valence-corrected chi connectivity index (χ4v) is 1.28. The van der Waals surface area contributed by atoms with Crippen LogP contribution in [-0.2, 0) is 11.2 Å². The van der Waals surface area contributed by atoms with E-state index in [1.807, 2.05) is 24.3 Å². The van der Waals surface area contributed by atoms with E-state index in [2.05, 4.69) is 6.92 Å². The Morgan fingerprint density at radius 3 is 2.50 bits per heavy atom. The van der Waals surface area contributed by atoms with Gasteiger partial charge in [-0.25, -0.2) is 4.79 Å². The zero-order valence-corrected chi connectivity index (χ0v) is 8.32. The van der Waals surface area contributed by atoms with Crippen molar-refractivity contribution in [1.29, 1.82) is 0 Å². The molecule has 1 saturated carbocycles. The van der Waals surface area contributed by atoms with Crippen LogP contribution in [-0.4, -0.2) is 12.1 Å². The van der Waals surface area contributed by atoms with Gasteiger partial charge in [-0.05, 0) is 37.0 Å². The number of carbonyl (C=O) groups is 1. The maximum atomic E-state index is 11.5. The molecule has 2 nitrogen and oxygen atoms in total. The minimum Gasteiger partial charge on any atom is -0.459 e. The molecule has 2 heteroatoms. The summed E-state index contributed by atoms with van der Waals surface area (Å²) in [6, 6.07) is 7.63. The van der Waals surface area contributed by atoms with Crippen molar-refractivity contribution >= 4 is 5.97 Å². The van der Waals surface area contributed by atoms with Crippen LogP contribution < -0.4 is 0 Å². The van der Waals surface area contributed by atoms with Gasteiger partial charge in [-0.15, -0.1) is 0 Å². The second kappa shape index (κ2) is 3.82. The van der Waals surface area contributed by atoms with Gasteiger partial charge in [0.2, 0.25) is 0 Å². The number of carbonyl (C=O) groups excluding carboxylic acids is 1. The van der Waals surface area contributed by atoms with Crippen LogP contribution in [0.5, 0.6) is 0 Å². The highest BCUT2D eigenvalue weighted by molar-refractivity contribution is 5.89. The third kappa shape index (κ3) is 2.13. The Labute approximate surface area is 83.9 Å². The number of hydrogen-bond acceptors (Lipinski definition) is 2. The van der Waals surface area contributed by atoms with Gasteiger partial charge >= 0.3 is 5.97 Å². The van der Waals surface area contributed by atoms with Gasteiger partial charge in [-0.3, -0.25) is 0 Å². The first kappa shape index (κ1) is 9.25. The van der Waals surface area contributed by atoms with Gasteiger partial charge in [0.15, 0.2) is 0 Å². The predicted octanol–water partition coefficient (Wildman–Crippen LogP) is 2.57. The number of rotatable bonds is 3. The molecule has 0 bridgehead atoms. The van der Waals surface area contributed by atoms with E-state index in [-0.39, 0.29) is 12.1 Å². The van der Waals surface area contributed by atoms with E-state index in [4.69, 9.17) is 4.74 Å². The van der Waals surface area contributed by atoms with E-state index in [9.17, 15) is 4.79 Å². The SMILES string of the molecule is CCc1ccc(C(=O)OC2CC2)cc1. The van der Waals surface area contributed by atoms with Crippen molar-refractivity contribution in [2.24, 2.45) is 0 Å². The maximum absolute atomic E-state index is 11.5. The maximum Gasteiger partial charge on any atom is 0.338 e. The molecule has 74 valence electrons. The molecule has 1 aromatic rings. The molecule has 1 aromatic carbocycles. The first-order chi connectivity index (χ1) is 6.79. The normalized spacial score (nSPS) is 15.2. The molecule has 1 fully saturated rings. The Hall–Kier alpha value is -1.31. The topological polar surface area (TPSA) is 26.3 Å². The first-order valence-corrected chi connectivity index (χ1v) is 5.09. The van der Waals surface area contributed by atoms with Crippen molar-refractivity contribution in [3.63, 3.8) is 0 Å². The molecule has 0 heterocycles. The molecule has 0 aromatic heterocycles. The molecule has 0 amide bonds. The Morgan fingerprint density at radius 1 is 1.36 bits per heavy atom. The lowest BCUT2D eigenvalue weighted by atomic mass is 10.1. The molecule has 0 aliphatic heterocycles. The highest BCUT2D eigenvalue weighted by atomic mass is 16.5. The lowest BCUT2D eigenvalue weighted by Crippen LogP contribution is -2.06. The molecule has 0 radical (unpaired) electrons. The fraction of sp³-hybridized carbons (Fsp3) is 0.417. The van der Waals surface area contributed by atoms with Gasteiger partial charge in [0.05, 0.1) is 5.56 Å². The summed E-state index contributed by atoms with van der Waals surface area (Å²) in [6.07, 6.45) is 3.24. The van der Waals surface area contributed by atoms with E-state index in [1.165, 1.54) is 5.56 Å². The molecule has 0 spiro atoms. The molecule has 1 aliphatic carbocycles. The van der Waals surface area contributed by atoms with Crippen LogP contribution in [0.4, 0.5) is 0 Å². The summed E-state index contributed by atoms with van der Waals surface area (Å²) in [7, 11) is 0. The molecule has 2 rings (SSSR count). The van der Waals surface area contributed by atoms with E-state index in [1.54, 1.807) is 0 Å². The van der Waals surface area contributed by atoms with E-state index in [0.29, 0.717) is 5.56 Å². The van der Waals surface area contributed by atoms with Crippen molar-refractivity contribution in [2.75, 3.05) is 0 Å². The quantitative estimate of drug-likeness (QED) is 0.685. The van der Waals surface area contributed by atoms with E-state index < -0.39 is 0 Å². The van der Waals surface area contributed by atoms with Crippen LogP contribution in [0.1, 0.15) is 35.7 Å². The highest BCUT2D eigenvalue weighted by Crippen LogP contribution is 2.24. The molecule has 0 saturated heterocycles. The van der Waals surface area contributed by atoms with Crippen molar-refractivity contribution in [2.45, 2.75) is 32.3 Å². The van der Waals surface area contributed by atoms with E-state index >= 15 is 0 Å². The Morgan fingerprint density at radius 2 is 2.00 bits per heavy atom. The number of ether oxygens (including phenoxy) is 1. The third-order valence-electron chi connectivity index (χ3n) is 2.40. The van der Waals surface area contributed by atoms with Gasteiger partial charge < -0.3 is 4.74 Å². The van der Waals surface area contributed by atoms with Crippen LogP contribution in [0.15, 0.2) is 24.3 Å². The predicted molar refractivity (Wildman–Crippen MR) is 54.3 cm³/mol. The Balaban J connectivity index is 2.03. The third-order valence-corrected chi connectivity index (χ3v) is 2.40. The molecule has 14 heavy (non-hydrogen) atoms. The highest BCUT2D eigenvalue weighted by Gasteiger charge is 2.26. The smallest absolute Gasteiger partial charge is 0.338 e. The standard InChI is InChI=1S/C12H14O2/c1-2-9-3-5-10(6-4-9)12(13)14-11-7-8-11/h3-6,11H,2,7-8H2,1H3. The van der Waals surface area contributed by atoms with Crippen molar-refractivity contribution in [3.05, 3.63) is 35.4 Å². The van der Waals surface area contributed by atoms with Crippen LogP contribution in [0.2, 0.25) is 0 Å². The average molecular weight is 190 g/mol. The molecular weight excluding hydrogens is 176 g/mol. The minimum absolute atomic E-state index is 0.185. The summed E-state index contributed by atoms with van der Waals surface area (Å²) < 4.78 is 5.18. The Bertz CT molecular complexity index is 323. The number of benzene rings is 1. The Kier molecular flexibility index (Phi) is 2.53. The lowest BCUT2D eigenvalue weighted by Gasteiger charge is -2.03. The molecule has 1 aliphatic rings. The summed E-state index contributed by atoms with van der Waals surface area (Å²) in [4.78, 5) is 11.5. The van der Waals surface area contributed by atoms with Crippen LogP contribution in [0, 0.1) is 0 Å². The first-order valence-electron chi connectivity index (χ1n) is 5.09. The van der Waals surface area contributed by atoms with Gasteiger partial charge in [-0.1, -0.05) is 19.1 Å². The second-order valence-corrected chi connectivity index (χ2v) is 3.66. The van der Waals surface area contributed by atoms with Crippen LogP contribution >= 0.6 is 0 Å². The zero-order valence-electron chi connectivity index (χ0n) is 8.32. The molecule has 0 N–H and O–H groups in total. The minimum atomic E-state index is -0.185. The average Bonchev–Trinajstić information content (AvgIpc) is 3.02. The number of aryl methyl sites for hydroxylation is 1. The van der Waals surface area contributed by atoms with Gasteiger partial charge in [0.25, 0.3) is 0 Å². The fourth-order valence-electron chi connectivity index (χ4n) is 1.28. The summed E-state index contributed by atoms with van der Waals surface area (Å²) in [5.41, 5.74) is 1.90. The summed E-state index contributed by atoms with van der Waals surface area (Å²) >= 11 is 0. The summed E-state index contributed by atoms with van der Waals surface area (Å²) in [5, 5.41) is 0. The van der Waals surface area contributed by atoms with Gasteiger partial charge in [-0.2, -0.15) is 0 Å². The molecular formula is C12H14O2. The van der Waals surface area contributed by atoms with Crippen molar-refractivity contribution in [1.82, 2.24) is 0 Å². The van der Waals surface area contributed by atoms with Crippen LogP contribution in [0.3, 0.4) is 0 Å². The lowest BCUT2D eigenvalue weighted by molar-refractivity contribution is 0.0472. The summed E-state index contributed by atoms with van der Waals surface area (Å²) in [6.45, 7) is 2.09. The monoisotopic (exact) mass is 190 g/mol. The zero-order chi connectivity index (χ0) is 9.97. The van der Waals surface area contributed by atoms with Crippen molar-refractivity contribution in [3.8, 4) is 0 Å².